The van der Waals surface area contributed by atoms with Crippen LogP contribution >= 0.6 is 0 Å². The molecule has 100 valence electrons. The van der Waals surface area contributed by atoms with Gasteiger partial charge in [-0.3, -0.25) is 0 Å². The molecular formula is C12H15F2NO3. The Balaban J connectivity index is 2.77. The van der Waals surface area contributed by atoms with E-state index in [1.807, 2.05) is 6.92 Å². The Hall–Kier alpha value is -1.85. The Morgan fingerprint density at radius 3 is 2.78 bits per heavy atom. The summed E-state index contributed by atoms with van der Waals surface area (Å²) < 4.78 is 33.7. The molecule has 0 aromatic heterocycles. The lowest BCUT2D eigenvalue weighted by molar-refractivity contribution is 0.0505. The number of halogens is 2. The third-order valence-electron chi connectivity index (χ3n) is 2.06. The maximum atomic E-state index is 12.0. The van der Waals surface area contributed by atoms with Crippen LogP contribution in [0.2, 0.25) is 0 Å². The molecule has 4 nitrogen and oxygen atoms in total. The quantitative estimate of drug-likeness (QED) is 0.629. The number of carbonyl (C=O) groups is 1. The van der Waals surface area contributed by atoms with Gasteiger partial charge < -0.3 is 15.2 Å². The molecule has 1 aromatic carbocycles. The Bertz CT molecular complexity index is 410. The molecule has 2 N–H and O–H groups in total. The van der Waals surface area contributed by atoms with Crippen molar-refractivity contribution in [3.05, 3.63) is 23.8 Å². The largest absolute Gasteiger partial charge is 0.488 e. The zero-order valence-corrected chi connectivity index (χ0v) is 9.99. The number of carbonyl (C=O) groups excluding carboxylic acids is 1. The van der Waals surface area contributed by atoms with Crippen LogP contribution < -0.4 is 10.5 Å². The Labute approximate surface area is 104 Å². The summed E-state index contributed by atoms with van der Waals surface area (Å²) in [5.74, 6) is -0.426. The number of nitrogen functional groups attached to an aromatic ring is 1. The number of hydrogen-bond donors (Lipinski definition) is 1. The second-order valence-corrected chi connectivity index (χ2v) is 3.59. The zero-order valence-electron chi connectivity index (χ0n) is 9.99. The molecule has 0 aliphatic carbocycles. The normalized spacial score (nSPS) is 10.4. The van der Waals surface area contributed by atoms with Crippen molar-refractivity contribution in [2.45, 2.75) is 19.8 Å². The van der Waals surface area contributed by atoms with E-state index in [2.05, 4.69) is 0 Å². The van der Waals surface area contributed by atoms with Crippen LogP contribution in [0.5, 0.6) is 5.75 Å². The second-order valence-electron chi connectivity index (χ2n) is 3.59. The fourth-order valence-electron chi connectivity index (χ4n) is 1.23. The minimum atomic E-state index is -2.57. The van der Waals surface area contributed by atoms with Gasteiger partial charge in [-0.15, -0.1) is 0 Å². The monoisotopic (exact) mass is 259 g/mol. The number of ether oxygens (including phenoxy) is 2. The van der Waals surface area contributed by atoms with Gasteiger partial charge in [0.15, 0.2) is 0 Å². The number of esters is 1. The number of benzene rings is 1. The summed E-state index contributed by atoms with van der Waals surface area (Å²) in [7, 11) is 0. The molecule has 0 atom stereocenters. The zero-order chi connectivity index (χ0) is 13.5. The number of alkyl halides is 2. The van der Waals surface area contributed by atoms with Crippen LogP contribution in [0, 0.1) is 0 Å². The third kappa shape index (κ3) is 4.20. The van der Waals surface area contributed by atoms with Gasteiger partial charge in [-0.1, -0.05) is 6.92 Å². The van der Waals surface area contributed by atoms with Crippen LogP contribution in [-0.4, -0.2) is 25.6 Å². The van der Waals surface area contributed by atoms with E-state index in [1.165, 1.54) is 18.2 Å². The van der Waals surface area contributed by atoms with Crippen molar-refractivity contribution in [1.29, 1.82) is 0 Å². The van der Waals surface area contributed by atoms with Gasteiger partial charge in [0.05, 0.1) is 12.2 Å². The first-order chi connectivity index (χ1) is 8.54. The molecule has 1 aromatic rings. The number of hydrogen-bond acceptors (Lipinski definition) is 4. The molecule has 18 heavy (non-hydrogen) atoms. The first-order valence-corrected chi connectivity index (χ1v) is 5.52. The van der Waals surface area contributed by atoms with Crippen molar-refractivity contribution in [3.63, 3.8) is 0 Å². The Morgan fingerprint density at radius 2 is 2.17 bits per heavy atom. The minimum Gasteiger partial charge on any atom is -0.488 e. The average Bonchev–Trinajstić information content (AvgIpc) is 2.34. The molecule has 6 heteroatoms. The van der Waals surface area contributed by atoms with Crippen LogP contribution in [0.25, 0.3) is 0 Å². The lowest BCUT2D eigenvalue weighted by atomic mass is 10.1. The van der Waals surface area contributed by atoms with E-state index in [0.717, 1.165) is 0 Å². The Kier molecular flexibility index (Phi) is 5.35. The SMILES string of the molecule is CCCOC(=O)c1cc(OCC(F)F)ccc1N. The first kappa shape index (κ1) is 14.2. The molecule has 0 saturated carbocycles. The standard InChI is InChI=1S/C12H15F2NO3/c1-2-5-17-12(16)9-6-8(3-4-10(9)15)18-7-11(13)14/h3-4,6,11H,2,5,7,15H2,1H3. The molecule has 0 spiro atoms. The van der Waals surface area contributed by atoms with E-state index in [-0.39, 0.29) is 23.6 Å². The van der Waals surface area contributed by atoms with E-state index in [1.54, 1.807) is 0 Å². The molecular weight excluding hydrogens is 244 g/mol. The van der Waals surface area contributed by atoms with Gasteiger partial charge in [0.25, 0.3) is 6.43 Å². The third-order valence-corrected chi connectivity index (χ3v) is 2.06. The van der Waals surface area contributed by atoms with Crippen LogP contribution in [0.3, 0.4) is 0 Å². The van der Waals surface area contributed by atoms with Crippen LogP contribution in [0.15, 0.2) is 18.2 Å². The summed E-state index contributed by atoms with van der Waals surface area (Å²) in [6, 6.07) is 4.15. The predicted molar refractivity (Wildman–Crippen MR) is 62.9 cm³/mol. The van der Waals surface area contributed by atoms with E-state index in [0.29, 0.717) is 6.42 Å². The molecule has 0 unspecified atom stereocenters. The van der Waals surface area contributed by atoms with Crippen LogP contribution in [0.1, 0.15) is 23.7 Å². The summed E-state index contributed by atoms with van der Waals surface area (Å²) in [5.41, 5.74) is 5.96. The molecule has 0 aliphatic heterocycles. The molecule has 0 radical (unpaired) electrons. The van der Waals surface area contributed by atoms with Gasteiger partial charge in [-0.2, -0.15) is 0 Å². The highest BCUT2D eigenvalue weighted by molar-refractivity contribution is 5.95. The highest BCUT2D eigenvalue weighted by Gasteiger charge is 2.13. The van der Waals surface area contributed by atoms with E-state index < -0.39 is 19.0 Å². The molecule has 0 saturated heterocycles. The van der Waals surface area contributed by atoms with Gasteiger partial charge in [0.1, 0.15) is 12.4 Å². The summed E-state index contributed by atoms with van der Waals surface area (Å²) in [5, 5.41) is 0. The van der Waals surface area contributed by atoms with Gasteiger partial charge in [-0.05, 0) is 24.6 Å². The fourth-order valence-corrected chi connectivity index (χ4v) is 1.23. The highest BCUT2D eigenvalue weighted by Crippen LogP contribution is 2.21. The highest BCUT2D eigenvalue weighted by atomic mass is 19.3. The summed E-state index contributed by atoms with van der Waals surface area (Å²) in [4.78, 5) is 11.6. The van der Waals surface area contributed by atoms with Gasteiger partial charge in [0.2, 0.25) is 0 Å². The van der Waals surface area contributed by atoms with Gasteiger partial charge in [-0.25, -0.2) is 13.6 Å². The molecule has 0 amide bonds. The Morgan fingerprint density at radius 1 is 1.44 bits per heavy atom. The summed E-state index contributed by atoms with van der Waals surface area (Å²) in [6.45, 7) is 1.41. The van der Waals surface area contributed by atoms with E-state index >= 15 is 0 Å². The molecule has 0 fully saturated rings. The van der Waals surface area contributed by atoms with Crippen molar-refractivity contribution in [1.82, 2.24) is 0 Å². The van der Waals surface area contributed by atoms with Crippen molar-refractivity contribution in [2.75, 3.05) is 18.9 Å². The molecule has 0 aliphatic rings. The lowest BCUT2D eigenvalue weighted by Crippen LogP contribution is -2.11. The molecule has 1 rings (SSSR count). The van der Waals surface area contributed by atoms with Crippen molar-refractivity contribution >= 4 is 11.7 Å². The summed E-state index contributed by atoms with van der Waals surface area (Å²) >= 11 is 0. The van der Waals surface area contributed by atoms with Crippen LogP contribution in [-0.2, 0) is 4.74 Å². The maximum absolute atomic E-state index is 12.0. The van der Waals surface area contributed by atoms with Crippen LogP contribution in [0.4, 0.5) is 14.5 Å². The number of rotatable bonds is 6. The number of nitrogens with two attached hydrogens (primary N) is 1. The predicted octanol–water partition coefficient (Wildman–Crippen LogP) is 2.48. The fraction of sp³-hybridized carbons (Fsp3) is 0.417. The average molecular weight is 259 g/mol. The maximum Gasteiger partial charge on any atom is 0.340 e. The van der Waals surface area contributed by atoms with E-state index in [4.69, 9.17) is 15.2 Å². The number of anilines is 1. The van der Waals surface area contributed by atoms with Gasteiger partial charge in [0, 0.05) is 5.69 Å². The van der Waals surface area contributed by atoms with Crippen molar-refractivity contribution in [3.8, 4) is 5.75 Å². The van der Waals surface area contributed by atoms with Crippen molar-refractivity contribution < 1.29 is 23.0 Å². The second kappa shape index (κ2) is 6.78. The molecule has 0 heterocycles. The first-order valence-electron chi connectivity index (χ1n) is 5.52. The molecule has 0 bridgehead atoms. The minimum absolute atomic E-state index is 0.121. The van der Waals surface area contributed by atoms with Gasteiger partial charge >= 0.3 is 5.97 Å². The summed E-state index contributed by atoms with van der Waals surface area (Å²) in [6.07, 6.45) is -1.88. The van der Waals surface area contributed by atoms with E-state index in [9.17, 15) is 13.6 Å². The lowest BCUT2D eigenvalue weighted by Gasteiger charge is -2.09. The topological polar surface area (TPSA) is 61.5 Å². The van der Waals surface area contributed by atoms with Crippen molar-refractivity contribution in [2.24, 2.45) is 0 Å². The smallest absolute Gasteiger partial charge is 0.340 e.